The zero-order valence-corrected chi connectivity index (χ0v) is 6.32. The highest BCUT2D eigenvalue weighted by Crippen LogP contribution is 1.92. The van der Waals surface area contributed by atoms with E-state index in [2.05, 4.69) is 10.2 Å². The lowest BCUT2D eigenvalue weighted by Crippen LogP contribution is -2.17. The lowest BCUT2D eigenvalue weighted by atomic mass is 10.3. The van der Waals surface area contributed by atoms with Crippen molar-refractivity contribution < 1.29 is 4.79 Å². The maximum atomic E-state index is 10.8. The maximum Gasteiger partial charge on any atom is 0.153 e. The Hall–Kier alpha value is -1.23. The monoisotopic (exact) mass is 154 g/mol. The predicted octanol–water partition coefficient (Wildman–Crippen LogP) is -1.11. The van der Waals surface area contributed by atoms with E-state index in [0.29, 0.717) is 5.82 Å². The molecule has 0 amide bonds. The molecular formula is C6H10N4O. The Morgan fingerprint density at radius 2 is 2.55 bits per heavy atom. The standard InChI is InChI=1S/C6H10N4O/c1-10-4-8-9-6(10)2-5(11)3-7/h4H,2-3,7H2,1H3. The van der Waals surface area contributed by atoms with Crippen LogP contribution in [0.4, 0.5) is 0 Å². The van der Waals surface area contributed by atoms with Gasteiger partial charge in [0.25, 0.3) is 0 Å². The molecule has 0 spiro atoms. The summed E-state index contributed by atoms with van der Waals surface area (Å²) < 4.78 is 1.70. The van der Waals surface area contributed by atoms with Crippen molar-refractivity contribution in [2.45, 2.75) is 6.42 Å². The van der Waals surface area contributed by atoms with Crippen LogP contribution in [0, 0.1) is 0 Å². The first-order valence-electron chi connectivity index (χ1n) is 3.28. The lowest BCUT2D eigenvalue weighted by molar-refractivity contribution is -0.117. The molecule has 2 N–H and O–H groups in total. The highest BCUT2D eigenvalue weighted by Gasteiger charge is 2.05. The average molecular weight is 154 g/mol. The van der Waals surface area contributed by atoms with Gasteiger partial charge in [-0.2, -0.15) is 0 Å². The number of aryl methyl sites for hydroxylation is 1. The zero-order chi connectivity index (χ0) is 8.27. The number of nitrogens with zero attached hydrogens (tertiary/aromatic N) is 3. The molecule has 0 saturated heterocycles. The first-order valence-corrected chi connectivity index (χ1v) is 3.28. The zero-order valence-electron chi connectivity index (χ0n) is 6.32. The van der Waals surface area contributed by atoms with Crippen molar-refractivity contribution in [3.8, 4) is 0 Å². The molecule has 0 radical (unpaired) electrons. The van der Waals surface area contributed by atoms with Gasteiger partial charge < -0.3 is 10.3 Å². The van der Waals surface area contributed by atoms with Crippen LogP contribution in [0.15, 0.2) is 6.33 Å². The van der Waals surface area contributed by atoms with Gasteiger partial charge in [0.2, 0.25) is 0 Å². The lowest BCUT2D eigenvalue weighted by Gasteiger charge is -1.96. The molecule has 0 bridgehead atoms. The summed E-state index contributed by atoms with van der Waals surface area (Å²) in [6, 6.07) is 0. The third-order valence-corrected chi connectivity index (χ3v) is 1.39. The van der Waals surface area contributed by atoms with Crippen LogP contribution in [0.2, 0.25) is 0 Å². The number of aromatic nitrogens is 3. The third-order valence-electron chi connectivity index (χ3n) is 1.39. The summed E-state index contributed by atoms with van der Waals surface area (Å²) in [5.74, 6) is 0.626. The van der Waals surface area contributed by atoms with Crippen molar-refractivity contribution >= 4 is 5.78 Å². The van der Waals surface area contributed by atoms with Gasteiger partial charge in [0.05, 0.1) is 13.0 Å². The first kappa shape index (κ1) is 7.87. The van der Waals surface area contributed by atoms with E-state index in [9.17, 15) is 4.79 Å². The van der Waals surface area contributed by atoms with Gasteiger partial charge >= 0.3 is 0 Å². The average Bonchev–Trinajstić information content (AvgIpc) is 2.37. The van der Waals surface area contributed by atoms with Gasteiger partial charge in [0.15, 0.2) is 5.78 Å². The van der Waals surface area contributed by atoms with E-state index in [1.54, 1.807) is 17.9 Å². The molecule has 1 rings (SSSR count). The Balaban J connectivity index is 2.64. The van der Waals surface area contributed by atoms with Crippen molar-refractivity contribution in [1.82, 2.24) is 14.8 Å². The molecule has 1 aromatic heterocycles. The fraction of sp³-hybridized carbons (Fsp3) is 0.500. The van der Waals surface area contributed by atoms with Crippen LogP contribution in [-0.2, 0) is 18.3 Å². The van der Waals surface area contributed by atoms with Crippen LogP contribution in [-0.4, -0.2) is 27.1 Å². The molecule has 5 nitrogen and oxygen atoms in total. The van der Waals surface area contributed by atoms with E-state index < -0.39 is 0 Å². The normalized spacial score (nSPS) is 10.0. The smallest absolute Gasteiger partial charge is 0.153 e. The van der Waals surface area contributed by atoms with Crippen LogP contribution < -0.4 is 5.73 Å². The van der Waals surface area contributed by atoms with Crippen LogP contribution in [0.3, 0.4) is 0 Å². The number of hydrogen-bond acceptors (Lipinski definition) is 4. The number of rotatable bonds is 3. The molecular weight excluding hydrogens is 144 g/mol. The molecule has 0 fully saturated rings. The number of hydrogen-bond donors (Lipinski definition) is 1. The molecule has 0 unspecified atom stereocenters. The van der Waals surface area contributed by atoms with E-state index in [-0.39, 0.29) is 18.7 Å². The van der Waals surface area contributed by atoms with Crippen LogP contribution >= 0.6 is 0 Å². The summed E-state index contributed by atoms with van der Waals surface area (Å²) in [6.45, 7) is 0.0624. The number of ketones is 1. The molecule has 0 aliphatic rings. The minimum atomic E-state index is -0.0268. The summed E-state index contributed by atoms with van der Waals surface area (Å²) in [5.41, 5.74) is 5.13. The molecule has 5 heteroatoms. The Kier molecular flexibility index (Phi) is 2.32. The van der Waals surface area contributed by atoms with Crippen molar-refractivity contribution in [2.24, 2.45) is 12.8 Å². The van der Waals surface area contributed by atoms with Gasteiger partial charge in [-0.15, -0.1) is 10.2 Å². The van der Waals surface area contributed by atoms with Gasteiger partial charge in [-0.1, -0.05) is 0 Å². The van der Waals surface area contributed by atoms with Crippen molar-refractivity contribution in [3.05, 3.63) is 12.2 Å². The number of carbonyl (C=O) groups is 1. The fourth-order valence-electron chi connectivity index (χ4n) is 0.716. The Bertz CT molecular complexity index is 255. The fourth-order valence-corrected chi connectivity index (χ4v) is 0.716. The third kappa shape index (κ3) is 1.84. The first-order chi connectivity index (χ1) is 5.24. The van der Waals surface area contributed by atoms with E-state index in [1.165, 1.54) is 0 Å². The minimum absolute atomic E-state index is 0.0268. The van der Waals surface area contributed by atoms with Crippen molar-refractivity contribution in [3.63, 3.8) is 0 Å². The second-order valence-electron chi connectivity index (χ2n) is 2.28. The van der Waals surface area contributed by atoms with E-state index in [1.807, 2.05) is 0 Å². The van der Waals surface area contributed by atoms with Crippen molar-refractivity contribution in [2.75, 3.05) is 6.54 Å². The molecule has 0 saturated carbocycles. The van der Waals surface area contributed by atoms with E-state index >= 15 is 0 Å². The summed E-state index contributed by atoms with van der Waals surface area (Å²) in [4.78, 5) is 10.8. The summed E-state index contributed by atoms with van der Waals surface area (Å²) in [7, 11) is 1.79. The van der Waals surface area contributed by atoms with Crippen LogP contribution in [0.1, 0.15) is 5.82 Å². The van der Waals surface area contributed by atoms with Gasteiger partial charge in [0.1, 0.15) is 12.2 Å². The second-order valence-corrected chi connectivity index (χ2v) is 2.28. The number of carbonyl (C=O) groups excluding carboxylic acids is 1. The Morgan fingerprint density at radius 3 is 3.00 bits per heavy atom. The second kappa shape index (κ2) is 3.25. The molecule has 11 heavy (non-hydrogen) atoms. The highest BCUT2D eigenvalue weighted by atomic mass is 16.1. The highest BCUT2D eigenvalue weighted by molar-refractivity contribution is 5.81. The summed E-state index contributed by atoms with van der Waals surface area (Å²) in [6.07, 6.45) is 1.83. The van der Waals surface area contributed by atoms with Crippen LogP contribution in [0.25, 0.3) is 0 Å². The number of Topliss-reactive ketones (excluding diaryl/α,β-unsaturated/α-hetero) is 1. The molecule has 1 heterocycles. The topological polar surface area (TPSA) is 73.8 Å². The summed E-state index contributed by atoms with van der Waals surface area (Å²) >= 11 is 0. The van der Waals surface area contributed by atoms with E-state index in [4.69, 9.17) is 5.73 Å². The minimum Gasteiger partial charge on any atom is -0.324 e. The van der Waals surface area contributed by atoms with Gasteiger partial charge in [-0.3, -0.25) is 4.79 Å². The molecule has 0 atom stereocenters. The quantitative estimate of drug-likeness (QED) is 0.598. The Labute approximate surface area is 64.2 Å². The molecule has 1 aromatic rings. The largest absolute Gasteiger partial charge is 0.324 e. The van der Waals surface area contributed by atoms with Gasteiger partial charge in [-0.25, -0.2) is 0 Å². The Morgan fingerprint density at radius 1 is 1.82 bits per heavy atom. The molecule has 0 aliphatic carbocycles. The van der Waals surface area contributed by atoms with Crippen LogP contribution in [0.5, 0.6) is 0 Å². The predicted molar refractivity (Wildman–Crippen MR) is 38.8 cm³/mol. The number of nitrogens with two attached hydrogens (primary N) is 1. The van der Waals surface area contributed by atoms with Gasteiger partial charge in [0, 0.05) is 7.05 Å². The van der Waals surface area contributed by atoms with E-state index in [0.717, 1.165) is 0 Å². The van der Waals surface area contributed by atoms with Gasteiger partial charge in [-0.05, 0) is 0 Å². The maximum absolute atomic E-state index is 10.8. The molecule has 60 valence electrons. The van der Waals surface area contributed by atoms with Crippen molar-refractivity contribution in [1.29, 1.82) is 0 Å². The molecule has 0 aromatic carbocycles. The molecule has 0 aliphatic heterocycles. The SMILES string of the molecule is Cn1cnnc1CC(=O)CN. The summed E-state index contributed by atoms with van der Waals surface area (Å²) in [5, 5.41) is 7.37.